The summed E-state index contributed by atoms with van der Waals surface area (Å²) in [4.78, 5) is 0. The number of benzene rings is 1. The van der Waals surface area contributed by atoms with Crippen LogP contribution in [0, 0.1) is 0 Å². The highest BCUT2D eigenvalue weighted by Crippen LogP contribution is 2.47. The predicted octanol–water partition coefficient (Wildman–Crippen LogP) is 3.48. The van der Waals surface area contributed by atoms with Gasteiger partial charge in [0.25, 0.3) is 0 Å². The van der Waals surface area contributed by atoms with Crippen molar-refractivity contribution in [2.24, 2.45) is 0 Å². The minimum Gasteiger partial charge on any atom is -0.467 e. The lowest BCUT2D eigenvalue weighted by Crippen LogP contribution is -2.34. The molecule has 1 aromatic carbocycles. The fraction of sp³-hybridized carbons (Fsp3) is 0.667. The van der Waals surface area contributed by atoms with Crippen molar-refractivity contribution in [2.45, 2.75) is 58.0 Å². The maximum Gasteiger partial charge on any atom is 0.186 e. The highest BCUT2D eigenvalue weighted by atomic mass is 16.7. The number of hydrogen-bond donors (Lipinski definition) is 1. The summed E-state index contributed by atoms with van der Waals surface area (Å²) in [7, 11) is 1.60. The van der Waals surface area contributed by atoms with Crippen molar-refractivity contribution in [2.75, 3.05) is 20.7 Å². The molecule has 1 aromatic rings. The minimum atomic E-state index is -0.333. The molecular weight excluding hydrogens is 280 g/mol. The third kappa shape index (κ3) is 3.45. The van der Waals surface area contributed by atoms with E-state index < -0.39 is 0 Å². The molecule has 1 aliphatic rings. The monoisotopic (exact) mass is 308 g/mol. The fourth-order valence-corrected chi connectivity index (χ4v) is 3.19. The van der Waals surface area contributed by atoms with Gasteiger partial charge in [-0.1, -0.05) is 27.7 Å². The third-order valence-electron chi connectivity index (χ3n) is 4.71. The van der Waals surface area contributed by atoms with Gasteiger partial charge < -0.3 is 19.3 Å². The van der Waals surface area contributed by atoms with Crippen LogP contribution in [0.4, 0.5) is 0 Å². The second-order valence-electron chi connectivity index (χ2n) is 7.30. The molecule has 0 heterocycles. The van der Waals surface area contributed by atoms with Crippen LogP contribution in [0.5, 0.6) is 5.75 Å². The van der Waals surface area contributed by atoms with Gasteiger partial charge >= 0.3 is 0 Å². The van der Waals surface area contributed by atoms with Gasteiger partial charge in [-0.15, -0.1) is 0 Å². The number of fused-ring (bicyclic) bond motifs is 1. The molecule has 1 N–H and O–H groups in total. The molecule has 0 unspecified atom stereocenters. The van der Waals surface area contributed by atoms with E-state index in [1.54, 1.807) is 7.11 Å². The molecule has 2 rings (SSSR count). The molecule has 0 aliphatic heterocycles. The molecule has 4 heteroatoms. The summed E-state index contributed by atoms with van der Waals surface area (Å²) in [6, 6.07) is 4.26. The fourth-order valence-electron chi connectivity index (χ4n) is 3.19. The van der Waals surface area contributed by atoms with Crippen LogP contribution in [0.3, 0.4) is 0 Å². The van der Waals surface area contributed by atoms with E-state index in [0.29, 0.717) is 12.4 Å². The van der Waals surface area contributed by atoms with E-state index in [9.17, 15) is 0 Å². The van der Waals surface area contributed by atoms with Crippen LogP contribution in [0.15, 0.2) is 12.1 Å². The Hall–Kier alpha value is -1.10. The molecule has 0 radical (unpaired) electrons. The van der Waals surface area contributed by atoms with E-state index in [4.69, 9.17) is 19.3 Å². The summed E-state index contributed by atoms with van der Waals surface area (Å²) in [5.74, 6) is 0.697. The Morgan fingerprint density at radius 2 is 1.64 bits per heavy atom. The Kier molecular flexibility index (Phi) is 5.15. The van der Waals surface area contributed by atoms with Gasteiger partial charge in [-0.25, -0.2) is 0 Å². The van der Waals surface area contributed by atoms with Crippen LogP contribution in [0.2, 0.25) is 0 Å². The molecule has 0 saturated heterocycles. The van der Waals surface area contributed by atoms with Crippen LogP contribution < -0.4 is 4.74 Å². The second kappa shape index (κ2) is 6.57. The zero-order valence-electron chi connectivity index (χ0n) is 14.4. The van der Waals surface area contributed by atoms with E-state index in [1.807, 2.05) is 0 Å². The summed E-state index contributed by atoms with van der Waals surface area (Å²) in [6.45, 7) is 9.42. The topological polar surface area (TPSA) is 47.9 Å². The molecule has 0 aromatic heterocycles. The quantitative estimate of drug-likeness (QED) is 0.645. The van der Waals surface area contributed by atoms with Gasteiger partial charge in [0.2, 0.25) is 0 Å². The lowest BCUT2D eigenvalue weighted by molar-refractivity contribution is -0.0400. The number of rotatable bonds is 6. The van der Waals surface area contributed by atoms with Gasteiger partial charge in [0.15, 0.2) is 6.79 Å². The number of aliphatic hydroxyl groups is 1. The second-order valence-corrected chi connectivity index (χ2v) is 7.30. The van der Waals surface area contributed by atoms with Crippen LogP contribution in [-0.4, -0.2) is 25.8 Å². The first-order valence-electron chi connectivity index (χ1n) is 7.80. The average molecular weight is 308 g/mol. The molecule has 0 fully saturated rings. The highest BCUT2D eigenvalue weighted by Gasteiger charge is 2.37. The van der Waals surface area contributed by atoms with E-state index >= 15 is 0 Å². The van der Waals surface area contributed by atoms with Gasteiger partial charge in [0, 0.05) is 12.7 Å². The van der Waals surface area contributed by atoms with E-state index in [1.165, 1.54) is 11.1 Å². The van der Waals surface area contributed by atoms with Gasteiger partial charge in [0.05, 0.1) is 6.61 Å². The molecule has 124 valence electrons. The van der Waals surface area contributed by atoms with Crippen LogP contribution in [-0.2, 0) is 26.9 Å². The molecule has 4 nitrogen and oxygen atoms in total. The Labute approximate surface area is 133 Å². The van der Waals surface area contributed by atoms with E-state index in [2.05, 4.69) is 39.8 Å². The largest absolute Gasteiger partial charge is 0.467 e. The maximum atomic E-state index is 9.16. The van der Waals surface area contributed by atoms with Gasteiger partial charge in [-0.2, -0.15) is 0 Å². The van der Waals surface area contributed by atoms with Crippen molar-refractivity contribution in [1.82, 2.24) is 0 Å². The molecular formula is C18H28O4. The lowest BCUT2D eigenvalue weighted by atomic mass is 9.63. The van der Waals surface area contributed by atoms with Crippen LogP contribution in [0.1, 0.15) is 57.2 Å². The average Bonchev–Trinajstić information content (AvgIpc) is 2.45. The number of ether oxygens (including phenoxy) is 3. The summed E-state index contributed by atoms with van der Waals surface area (Å²) in [5, 5.41) is 9.16. The van der Waals surface area contributed by atoms with Crippen molar-refractivity contribution in [3.8, 4) is 5.75 Å². The summed E-state index contributed by atoms with van der Waals surface area (Å²) in [6.07, 6.45) is 2.30. The molecule has 22 heavy (non-hydrogen) atoms. The first kappa shape index (κ1) is 17.3. The van der Waals surface area contributed by atoms with Crippen LogP contribution in [0.25, 0.3) is 0 Å². The maximum absolute atomic E-state index is 9.16. The van der Waals surface area contributed by atoms with Gasteiger partial charge in [-0.05, 0) is 46.9 Å². The smallest absolute Gasteiger partial charge is 0.186 e. The lowest BCUT2D eigenvalue weighted by Gasteiger charge is -2.42. The zero-order chi connectivity index (χ0) is 16.4. The Morgan fingerprint density at radius 1 is 1.05 bits per heavy atom. The van der Waals surface area contributed by atoms with Crippen molar-refractivity contribution in [3.63, 3.8) is 0 Å². The van der Waals surface area contributed by atoms with Crippen LogP contribution >= 0.6 is 0 Å². The summed E-state index contributed by atoms with van der Waals surface area (Å²) >= 11 is 0. The number of methoxy groups -OCH3 is 1. The molecule has 0 amide bonds. The normalized spacial score (nSPS) is 18.8. The Morgan fingerprint density at radius 3 is 2.18 bits per heavy atom. The van der Waals surface area contributed by atoms with Gasteiger partial charge in [0.1, 0.15) is 12.5 Å². The molecule has 0 spiro atoms. The minimum absolute atomic E-state index is 0.115. The van der Waals surface area contributed by atoms with Gasteiger partial charge in [-0.3, -0.25) is 0 Å². The van der Waals surface area contributed by atoms with Crippen molar-refractivity contribution in [3.05, 3.63) is 28.8 Å². The Balaban J connectivity index is 2.47. The van der Waals surface area contributed by atoms with E-state index in [0.717, 1.165) is 18.4 Å². The molecule has 1 aliphatic carbocycles. The zero-order valence-corrected chi connectivity index (χ0v) is 14.4. The van der Waals surface area contributed by atoms with E-state index in [-0.39, 0.29) is 24.4 Å². The summed E-state index contributed by atoms with van der Waals surface area (Å²) in [5.41, 5.74) is 3.87. The standard InChI is InChI=1S/C18H28O4/c1-17(2)6-7-18(3,4)15-9-16(22-11-19)13(8-14(15)17)10-21-12-20-5/h8-9,19H,6-7,10-12H2,1-5H3. The van der Waals surface area contributed by atoms with Crippen molar-refractivity contribution >= 4 is 0 Å². The highest BCUT2D eigenvalue weighted by molar-refractivity contribution is 5.49. The van der Waals surface area contributed by atoms with Crippen molar-refractivity contribution in [1.29, 1.82) is 0 Å². The molecule has 0 atom stereocenters. The SMILES string of the molecule is COCOCc1cc2c(cc1OCO)C(C)(C)CCC2(C)C. The number of hydrogen-bond acceptors (Lipinski definition) is 4. The summed E-state index contributed by atoms with van der Waals surface area (Å²) < 4.78 is 15.9. The van der Waals surface area contributed by atoms with Crippen molar-refractivity contribution < 1.29 is 19.3 Å². The molecule has 0 bridgehead atoms. The first-order valence-corrected chi connectivity index (χ1v) is 7.80. The predicted molar refractivity (Wildman–Crippen MR) is 86.1 cm³/mol. The first-order chi connectivity index (χ1) is 10.3. The third-order valence-corrected chi connectivity index (χ3v) is 4.71. The Bertz CT molecular complexity index is 520. The number of aliphatic hydroxyl groups excluding tert-OH is 1. The molecule has 0 saturated carbocycles.